The average molecular weight is 270 g/mol. The fourth-order valence-electron chi connectivity index (χ4n) is 1.56. The number of pyridine rings is 1. The Morgan fingerprint density at radius 2 is 2.30 bits per heavy atom. The summed E-state index contributed by atoms with van der Waals surface area (Å²) < 4.78 is 0. The van der Waals surface area contributed by atoms with E-state index in [1.165, 1.54) is 6.20 Å². The highest BCUT2D eigenvalue weighted by atomic mass is 16.2. The topological polar surface area (TPSA) is 90.9 Å². The molecule has 3 N–H and O–H groups in total. The lowest BCUT2D eigenvalue weighted by Crippen LogP contribution is -2.23. The third-order valence-corrected chi connectivity index (χ3v) is 2.52. The van der Waals surface area contributed by atoms with E-state index >= 15 is 0 Å². The molecule has 0 saturated carbocycles. The van der Waals surface area contributed by atoms with Crippen LogP contribution in [0.25, 0.3) is 0 Å². The van der Waals surface area contributed by atoms with Crippen LogP contribution in [0.4, 0.5) is 0 Å². The van der Waals surface area contributed by atoms with Crippen molar-refractivity contribution in [3.8, 4) is 11.8 Å². The van der Waals surface area contributed by atoms with Crippen molar-refractivity contribution >= 4 is 5.91 Å². The molecule has 2 rings (SSSR count). The van der Waals surface area contributed by atoms with E-state index in [2.05, 4.69) is 32.1 Å². The van der Waals surface area contributed by atoms with Gasteiger partial charge in [0.15, 0.2) is 0 Å². The van der Waals surface area contributed by atoms with Gasteiger partial charge in [-0.25, -0.2) is 4.98 Å². The third kappa shape index (κ3) is 3.67. The Morgan fingerprint density at radius 1 is 1.40 bits per heavy atom. The Balaban J connectivity index is 2.07. The van der Waals surface area contributed by atoms with Crippen LogP contribution >= 0.6 is 0 Å². The maximum Gasteiger partial charge on any atom is 0.252 e. The zero-order valence-corrected chi connectivity index (χ0v) is 10.8. The van der Waals surface area contributed by atoms with Gasteiger partial charge in [0.1, 0.15) is 0 Å². The summed E-state index contributed by atoms with van der Waals surface area (Å²) in [4.78, 5) is 22.8. The first-order valence-corrected chi connectivity index (χ1v) is 6.10. The number of rotatable bonds is 4. The van der Waals surface area contributed by atoms with Gasteiger partial charge < -0.3 is 15.4 Å². The van der Waals surface area contributed by atoms with Gasteiger partial charge in [-0.1, -0.05) is 11.8 Å². The number of nitrogens with one attached hydrogen (secondary N) is 2. The molecule has 0 atom stereocenters. The predicted molar refractivity (Wildman–Crippen MR) is 72.6 cm³/mol. The van der Waals surface area contributed by atoms with Crippen LogP contribution in [0.15, 0.2) is 31.0 Å². The Labute approximate surface area is 116 Å². The maximum atomic E-state index is 12.1. The largest absolute Gasteiger partial charge is 0.395 e. The molecule has 0 aliphatic carbocycles. The number of nitrogens with zero attached hydrogens (tertiary/aromatic N) is 2. The summed E-state index contributed by atoms with van der Waals surface area (Å²) in [6, 6.07) is 1.62. The number of carbonyl (C=O) groups excluding carboxylic acids is 1. The summed E-state index contributed by atoms with van der Waals surface area (Å²) in [7, 11) is 0. The molecule has 0 unspecified atom stereocenters. The molecule has 2 aromatic rings. The molecule has 0 fully saturated rings. The number of hydrogen-bond acceptors (Lipinski definition) is 4. The van der Waals surface area contributed by atoms with Crippen molar-refractivity contribution in [2.24, 2.45) is 0 Å². The SMILES string of the molecule is O=C(NCc1cnc[nH]1)c1ccncc1C#CCCO. The highest BCUT2D eigenvalue weighted by Crippen LogP contribution is 2.06. The molecule has 0 saturated heterocycles. The number of H-pyrrole nitrogens is 1. The van der Waals surface area contributed by atoms with Gasteiger partial charge in [-0.05, 0) is 6.07 Å². The molecule has 102 valence electrons. The van der Waals surface area contributed by atoms with Crippen LogP contribution in [0.3, 0.4) is 0 Å². The fraction of sp³-hybridized carbons (Fsp3) is 0.214. The second-order valence-electron chi connectivity index (χ2n) is 3.96. The van der Waals surface area contributed by atoms with Crippen LogP contribution in [-0.2, 0) is 6.54 Å². The Hall–Kier alpha value is -2.65. The zero-order chi connectivity index (χ0) is 14.2. The van der Waals surface area contributed by atoms with E-state index in [0.717, 1.165) is 5.69 Å². The predicted octanol–water partition coefficient (Wildman–Crippen LogP) is 0.469. The average Bonchev–Trinajstić information content (AvgIpc) is 2.99. The summed E-state index contributed by atoms with van der Waals surface area (Å²) in [6.45, 7) is 0.360. The van der Waals surface area contributed by atoms with E-state index < -0.39 is 0 Å². The second-order valence-corrected chi connectivity index (χ2v) is 3.96. The number of carbonyl (C=O) groups is 1. The van der Waals surface area contributed by atoms with Crippen LogP contribution in [0.5, 0.6) is 0 Å². The monoisotopic (exact) mass is 270 g/mol. The lowest BCUT2D eigenvalue weighted by molar-refractivity contribution is 0.0950. The van der Waals surface area contributed by atoms with Gasteiger partial charge in [0, 0.05) is 25.0 Å². The first kappa shape index (κ1) is 13.8. The zero-order valence-electron chi connectivity index (χ0n) is 10.8. The van der Waals surface area contributed by atoms with Crippen molar-refractivity contribution in [3.63, 3.8) is 0 Å². The molecule has 1 amide bonds. The van der Waals surface area contributed by atoms with Gasteiger partial charge >= 0.3 is 0 Å². The molecule has 6 nitrogen and oxygen atoms in total. The van der Waals surface area contributed by atoms with Gasteiger partial charge in [-0.3, -0.25) is 9.78 Å². The van der Waals surface area contributed by atoms with Crippen LogP contribution in [0.1, 0.15) is 28.0 Å². The van der Waals surface area contributed by atoms with Crippen LogP contribution < -0.4 is 5.32 Å². The number of imidazole rings is 1. The molecule has 0 bridgehead atoms. The molecule has 6 heteroatoms. The van der Waals surface area contributed by atoms with E-state index in [1.807, 2.05) is 0 Å². The van der Waals surface area contributed by atoms with E-state index in [4.69, 9.17) is 5.11 Å². The van der Waals surface area contributed by atoms with E-state index in [1.54, 1.807) is 24.8 Å². The summed E-state index contributed by atoms with van der Waals surface area (Å²) in [5.41, 5.74) is 1.83. The lowest BCUT2D eigenvalue weighted by atomic mass is 10.1. The van der Waals surface area contributed by atoms with Gasteiger partial charge in [0.05, 0.1) is 36.3 Å². The third-order valence-electron chi connectivity index (χ3n) is 2.52. The highest BCUT2D eigenvalue weighted by molar-refractivity contribution is 5.96. The van der Waals surface area contributed by atoms with Gasteiger partial charge in [0.2, 0.25) is 0 Å². The van der Waals surface area contributed by atoms with Crippen LogP contribution in [0, 0.1) is 11.8 Å². The Bertz CT molecular complexity index is 626. The van der Waals surface area contributed by atoms with E-state index in [9.17, 15) is 4.79 Å². The van der Waals surface area contributed by atoms with Crippen LogP contribution in [-0.4, -0.2) is 32.6 Å². The number of amides is 1. The molecule has 0 aliphatic rings. The maximum absolute atomic E-state index is 12.1. The number of aliphatic hydroxyl groups excluding tert-OH is 1. The van der Waals surface area contributed by atoms with E-state index in [0.29, 0.717) is 24.1 Å². The molecular weight excluding hydrogens is 256 g/mol. The molecule has 0 aromatic carbocycles. The number of hydrogen-bond donors (Lipinski definition) is 3. The summed E-state index contributed by atoms with van der Waals surface area (Å²) in [6.07, 6.45) is 6.65. The lowest BCUT2D eigenvalue weighted by Gasteiger charge is -2.05. The first-order chi connectivity index (χ1) is 9.81. The minimum Gasteiger partial charge on any atom is -0.395 e. The Morgan fingerprint density at radius 3 is 3.05 bits per heavy atom. The summed E-state index contributed by atoms with van der Waals surface area (Å²) in [5, 5.41) is 11.5. The smallest absolute Gasteiger partial charge is 0.252 e. The van der Waals surface area contributed by atoms with Gasteiger partial charge in [-0.2, -0.15) is 0 Å². The Kier molecular flexibility index (Phi) is 4.87. The molecule has 2 heterocycles. The minimum atomic E-state index is -0.227. The quantitative estimate of drug-likeness (QED) is 0.704. The van der Waals surface area contributed by atoms with Crippen molar-refractivity contribution < 1.29 is 9.90 Å². The standard InChI is InChI=1S/C14H14N4O2/c19-6-2-1-3-11-7-15-5-4-13(11)14(20)17-9-12-8-16-10-18-12/h4-5,7-8,10,19H,2,6,9H2,(H,16,18)(H,17,20). The number of aromatic nitrogens is 3. The molecule has 0 spiro atoms. The minimum absolute atomic E-state index is 0.00534. The van der Waals surface area contributed by atoms with Crippen molar-refractivity contribution in [2.45, 2.75) is 13.0 Å². The first-order valence-electron chi connectivity index (χ1n) is 6.10. The van der Waals surface area contributed by atoms with Crippen molar-refractivity contribution in [1.29, 1.82) is 0 Å². The summed E-state index contributed by atoms with van der Waals surface area (Å²) >= 11 is 0. The molecule has 0 radical (unpaired) electrons. The normalized spacial score (nSPS) is 9.65. The van der Waals surface area contributed by atoms with Crippen molar-refractivity contribution in [1.82, 2.24) is 20.3 Å². The molecule has 0 aliphatic heterocycles. The number of aliphatic hydroxyl groups is 1. The summed E-state index contributed by atoms with van der Waals surface area (Å²) in [5.74, 6) is 5.39. The van der Waals surface area contributed by atoms with Crippen LogP contribution in [0.2, 0.25) is 0 Å². The highest BCUT2D eigenvalue weighted by Gasteiger charge is 2.09. The van der Waals surface area contributed by atoms with Crippen molar-refractivity contribution in [3.05, 3.63) is 47.8 Å². The van der Waals surface area contributed by atoms with E-state index in [-0.39, 0.29) is 12.5 Å². The molecule has 2 aromatic heterocycles. The number of aromatic amines is 1. The van der Waals surface area contributed by atoms with Gasteiger partial charge in [-0.15, -0.1) is 0 Å². The molecule has 20 heavy (non-hydrogen) atoms. The fourth-order valence-corrected chi connectivity index (χ4v) is 1.56. The second kappa shape index (κ2) is 7.07. The molecular formula is C14H14N4O2. The van der Waals surface area contributed by atoms with Gasteiger partial charge in [0.25, 0.3) is 5.91 Å². The van der Waals surface area contributed by atoms with Crippen molar-refractivity contribution in [2.75, 3.05) is 6.61 Å².